The van der Waals surface area contributed by atoms with Crippen molar-refractivity contribution >= 4 is 32.5 Å². The van der Waals surface area contributed by atoms with E-state index in [1.165, 1.54) is 13.0 Å². The lowest BCUT2D eigenvalue weighted by Gasteiger charge is -2.43. The van der Waals surface area contributed by atoms with Crippen LogP contribution in [0, 0.1) is 0 Å². The molecule has 0 bridgehead atoms. The first-order valence-electron chi connectivity index (χ1n) is 9.29. The molecule has 1 unspecified atom stereocenters. The van der Waals surface area contributed by atoms with Gasteiger partial charge in [-0.15, -0.1) is 0 Å². The first-order chi connectivity index (χ1) is 14.7. The smallest absolute Gasteiger partial charge is 0.456 e. The van der Waals surface area contributed by atoms with Crippen molar-refractivity contribution in [1.82, 2.24) is 0 Å². The van der Waals surface area contributed by atoms with Gasteiger partial charge in [0.05, 0.1) is 6.10 Å². The van der Waals surface area contributed by atoms with E-state index in [9.17, 15) is 19.2 Å². The van der Waals surface area contributed by atoms with Crippen LogP contribution in [-0.2, 0) is 42.4 Å². The monoisotopic (exact) mass is 456 g/mol. The van der Waals surface area contributed by atoms with Crippen LogP contribution in [-0.4, -0.2) is 54.6 Å². The van der Waals surface area contributed by atoms with Crippen molar-refractivity contribution < 1.29 is 51.7 Å². The molecule has 0 aromatic heterocycles. The van der Waals surface area contributed by atoms with Crippen LogP contribution in [0.5, 0.6) is 5.75 Å². The fourth-order valence-corrected chi connectivity index (χ4v) is 4.13. The van der Waals surface area contributed by atoms with E-state index in [0.717, 1.165) is 13.8 Å². The normalized spacial score (nSPS) is 29.6. The number of esters is 3. The van der Waals surface area contributed by atoms with Crippen molar-refractivity contribution in [2.75, 3.05) is 0 Å². The second-order valence-corrected chi connectivity index (χ2v) is 7.75. The number of rotatable bonds is 5. The van der Waals surface area contributed by atoms with Crippen molar-refractivity contribution in [3.63, 3.8) is 0 Å². The van der Waals surface area contributed by atoms with Crippen LogP contribution in [0.4, 0.5) is 0 Å². The molecule has 12 heteroatoms. The van der Waals surface area contributed by atoms with Gasteiger partial charge in [-0.25, -0.2) is 4.79 Å². The predicted octanol–water partition coefficient (Wildman–Crippen LogP) is 2.02. The number of carbonyl (C=O) groups excluding carboxylic acids is 4. The Morgan fingerprint density at radius 2 is 1.45 bits per heavy atom. The Morgan fingerprint density at radius 1 is 0.871 bits per heavy atom. The quantitative estimate of drug-likeness (QED) is 0.366. The van der Waals surface area contributed by atoms with Crippen LogP contribution in [0.3, 0.4) is 0 Å². The van der Waals surface area contributed by atoms with Crippen LogP contribution >= 0.6 is 8.60 Å². The van der Waals surface area contributed by atoms with Crippen molar-refractivity contribution in [3.05, 3.63) is 29.8 Å². The Bertz CT molecular complexity index is 872. The van der Waals surface area contributed by atoms with Crippen molar-refractivity contribution in [3.8, 4) is 5.75 Å². The van der Waals surface area contributed by atoms with Crippen LogP contribution in [0.1, 0.15) is 38.1 Å². The summed E-state index contributed by atoms with van der Waals surface area (Å²) in [5.41, 5.74) is 0.229. The van der Waals surface area contributed by atoms with E-state index in [4.69, 9.17) is 32.5 Å². The van der Waals surface area contributed by atoms with Gasteiger partial charge in [0.2, 0.25) is 6.29 Å². The van der Waals surface area contributed by atoms with Crippen molar-refractivity contribution in [2.45, 2.75) is 58.4 Å². The Hall–Kier alpha value is -2.75. The van der Waals surface area contributed by atoms with Crippen LogP contribution < -0.4 is 4.52 Å². The zero-order valence-corrected chi connectivity index (χ0v) is 18.0. The fourth-order valence-electron chi connectivity index (χ4n) is 3.11. The molecule has 0 amide bonds. The lowest BCUT2D eigenvalue weighted by molar-refractivity contribution is -0.281. The van der Waals surface area contributed by atoms with E-state index in [1.54, 1.807) is 25.1 Å². The Kier molecular flexibility index (Phi) is 7.09. The SMILES string of the molecule is CC(=O)O[C@@H]1[C@@H](OC(C)=O)[C@H](C)O[C@@H](OP2OC(=O)c3ccccc3O2)[C@@H]1OC(C)=O. The third kappa shape index (κ3) is 5.49. The Labute approximate surface area is 178 Å². The average molecular weight is 456 g/mol. The van der Waals surface area contributed by atoms with E-state index >= 15 is 0 Å². The Balaban J connectivity index is 1.85. The summed E-state index contributed by atoms with van der Waals surface area (Å²) < 4.78 is 38.0. The maximum Gasteiger partial charge on any atom is 0.468 e. The molecular weight excluding hydrogens is 435 g/mol. The summed E-state index contributed by atoms with van der Waals surface area (Å²) in [5.74, 6) is -2.48. The molecule has 3 rings (SSSR count). The Morgan fingerprint density at radius 3 is 2.10 bits per heavy atom. The lowest BCUT2D eigenvalue weighted by Crippen LogP contribution is -2.61. The van der Waals surface area contributed by atoms with Gasteiger partial charge in [0.25, 0.3) is 0 Å². The van der Waals surface area contributed by atoms with Gasteiger partial charge in [-0.1, -0.05) is 12.1 Å². The number of hydrogen-bond acceptors (Lipinski definition) is 11. The van der Waals surface area contributed by atoms with E-state index in [0.29, 0.717) is 0 Å². The zero-order chi connectivity index (χ0) is 22.7. The molecule has 2 heterocycles. The second-order valence-electron chi connectivity index (χ2n) is 6.73. The van der Waals surface area contributed by atoms with E-state index in [1.807, 2.05) is 0 Å². The highest BCUT2D eigenvalue weighted by molar-refractivity contribution is 7.43. The molecule has 11 nitrogen and oxygen atoms in total. The highest BCUT2D eigenvalue weighted by Crippen LogP contribution is 2.49. The molecular formula is C19H21O11P. The van der Waals surface area contributed by atoms with Gasteiger partial charge in [0, 0.05) is 20.8 Å². The highest BCUT2D eigenvalue weighted by atomic mass is 31.2. The molecule has 2 aliphatic rings. The van der Waals surface area contributed by atoms with Gasteiger partial charge in [-0.2, -0.15) is 0 Å². The molecule has 2 aliphatic heterocycles. The summed E-state index contributed by atoms with van der Waals surface area (Å²) in [6.45, 7) is 5.02. The topological polar surface area (TPSA) is 133 Å². The second kappa shape index (κ2) is 9.59. The van der Waals surface area contributed by atoms with Crippen molar-refractivity contribution in [2.24, 2.45) is 0 Å². The minimum atomic E-state index is -2.28. The molecule has 1 saturated heterocycles. The number of ether oxygens (including phenoxy) is 4. The van der Waals surface area contributed by atoms with Gasteiger partial charge < -0.3 is 28.0 Å². The molecule has 31 heavy (non-hydrogen) atoms. The third-order valence-corrected chi connectivity index (χ3v) is 5.30. The number of hydrogen-bond donors (Lipinski definition) is 0. The lowest BCUT2D eigenvalue weighted by atomic mass is 9.99. The molecule has 0 radical (unpaired) electrons. The first-order valence-corrected chi connectivity index (χ1v) is 10.4. The summed E-state index contributed by atoms with van der Waals surface area (Å²) >= 11 is 0. The van der Waals surface area contributed by atoms with Gasteiger partial charge in [0.15, 0.2) is 18.3 Å². The number of carbonyl (C=O) groups is 4. The molecule has 6 atom stereocenters. The average Bonchev–Trinajstić information content (AvgIpc) is 2.67. The summed E-state index contributed by atoms with van der Waals surface area (Å²) in [7, 11) is -2.28. The van der Waals surface area contributed by atoms with Crippen LogP contribution in [0.15, 0.2) is 24.3 Å². The minimum absolute atomic E-state index is 0.229. The van der Waals surface area contributed by atoms with Crippen LogP contribution in [0.2, 0.25) is 0 Å². The van der Waals surface area contributed by atoms with Gasteiger partial charge in [-0.05, 0) is 19.1 Å². The molecule has 0 spiro atoms. The maximum atomic E-state index is 12.2. The van der Waals surface area contributed by atoms with Crippen LogP contribution in [0.25, 0.3) is 0 Å². The molecule has 0 saturated carbocycles. The van der Waals surface area contributed by atoms with Gasteiger partial charge in [-0.3, -0.25) is 18.9 Å². The first kappa shape index (κ1) is 22.9. The highest BCUT2D eigenvalue weighted by Gasteiger charge is 2.52. The number of benzene rings is 1. The third-order valence-electron chi connectivity index (χ3n) is 4.26. The molecule has 1 fully saturated rings. The molecule has 1 aromatic rings. The fraction of sp³-hybridized carbons (Fsp3) is 0.474. The standard InChI is InChI=1S/C19H21O11P/c1-9-15(25-10(2)20)16(26-11(3)21)17(27-12(4)22)19(24-9)30-31-28-14-8-6-5-7-13(14)18(23)29-31/h5-9,15-17,19H,1-4H3/t9-,15-,16+,17+,19-,31?/m0/s1. The van der Waals surface area contributed by atoms with E-state index in [2.05, 4.69) is 0 Å². The largest absolute Gasteiger partial charge is 0.468 e. The predicted molar refractivity (Wildman–Crippen MR) is 101 cm³/mol. The number of para-hydroxylation sites is 1. The van der Waals surface area contributed by atoms with Gasteiger partial charge in [0.1, 0.15) is 11.3 Å². The summed E-state index contributed by atoms with van der Waals surface area (Å²) in [4.78, 5) is 47.2. The van der Waals surface area contributed by atoms with Crippen molar-refractivity contribution in [1.29, 1.82) is 0 Å². The molecule has 0 aliphatic carbocycles. The van der Waals surface area contributed by atoms with E-state index < -0.39 is 63.2 Å². The summed E-state index contributed by atoms with van der Waals surface area (Å²) in [5, 5.41) is 0. The zero-order valence-electron chi connectivity index (χ0n) is 17.1. The summed E-state index contributed by atoms with van der Waals surface area (Å²) in [6, 6.07) is 6.43. The maximum absolute atomic E-state index is 12.2. The number of fused-ring (bicyclic) bond motifs is 1. The molecule has 1 aromatic carbocycles. The molecule has 168 valence electrons. The summed E-state index contributed by atoms with van der Waals surface area (Å²) in [6.07, 6.45) is -5.81. The molecule has 0 N–H and O–H groups in total. The van der Waals surface area contributed by atoms with Gasteiger partial charge >= 0.3 is 32.5 Å². The minimum Gasteiger partial charge on any atom is -0.456 e. The van der Waals surface area contributed by atoms with E-state index in [-0.39, 0.29) is 11.3 Å².